The molecule has 47 heavy (non-hydrogen) atoms. The number of nitrogens with two attached hydrogens (primary N) is 1. The van der Waals surface area contributed by atoms with E-state index in [1.165, 1.54) is 11.3 Å². The largest absolute Gasteiger partial charge is 0.488 e. The van der Waals surface area contributed by atoms with E-state index in [1.54, 1.807) is 4.90 Å². The van der Waals surface area contributed by atoms with Crippen molar-refractivity contribution in [2.75, 3.05) is 50.4 Å². The Morgan fingerprint density at radius 3 is 2.74 bits per heavy atom. The van der Waals surface area contributed by atoms with E-state index in [4.69, 9.17) is 29.7 Å². The number of anilines is 2. The average Bonchev–Trinajstić information content (AvgIpc) is 3.59. The van der Waals surface area contributed by atoms with E-state index in [9.17, 15) is 10.1 Å². The number of nitrogen functional groups attached to an aromatic ring is 1. The number of aromatic nitrogens is 3. The number of piperidine rings is 1. The van der Waals surface area contributed by atoms with Crippen LogP contribution in [0.15, 0.2) is 16.7 Å². The van der Waals surface area contributed by atoms with E-state index in [2.05, 4.69) is 41.9 Å². The third-order valence-corrected chi connectivity index (χ3v) is 10.4. The molecule has 1 amide bonds. The maximum atomic E-state index is 12.9. The van der Waals surface area contributed by atoms with Crippen molar-refractivity contribution in [3.63, 3.8) is 0 Å². The summed E-state index contributed by atoms with van der Waals surface area (Å²) in [6.45, 7) is 13.7. The Morgan fingerprint density at radius 2 is 1.98 bits per heavy atom. The highest BCUT2D eigenvalue weighted by molar-refractivity contribution is 7.16. The minimum Gasteiger partial charge on any atom is -0.488 e. The van der Waals surface area contributed by atoms with E-state index in [-0.39, 0.29) is 18.2 Å². The maximum Gasteiger partial charge on any atom is 0.410 e. The summed E-state index contributed by atoms with van der Waals surface area (Å²) in [5.74, 6) is 2.23. The van der Waals surface area contributed by atoms with Gasteiger partial charge in [-0.05, 0) is 86.7 Å². The van der Waals surface area contributed by atoms with Crippen LogP contribution in [-0.4, -0.2) is 88.5 Å². The standard InChI is InChI=1S/C34H46N8O4S/c1-21-19-40(6)13-9-15-42(21)27-17-23(44-22-10-8-14-41(20-22)32(43)45-33(2,3)4)16-25(37-27)30-38-31(46-39-30)34(5)12-7-11-26-28(34)24(18-35)29(36)47-26/h16-17,21-22H,7-15,19-20,36H2,1-6H3/t21-,22?,34-/m0/s1. The molecule has 252 valence electrons. The molecule has 5 heterocycles. The molecule has 3 aromatic heterocycles. The molecule has 0 spiro atoms. The summed E-state index contributed by atoms with van der Waals surface area (Å²) in [4.78, 5) is 30.3. The first-order chi connectivity index (χ1) is 22.3. The van der Waals surface area contributed by atoms with Crippen LogP contribution in [-0.2, 0) is 16.6 Å². The van der Waals surface area contributed by atoms with Gasteiger partial charge in [0.05, 0.1) is 17.5 Å². The first kappa shape index (κ1) is 33.0. The molecule has 3 aliphatic rings. The lowest BCUT2D eigenvalue weighted by Crippen LogP contribution is -2.46. The fourth-order valence-electron chi connectivity index (χ4n) is 7.11. The number of aryl methyl sites for hydroxylation is 1. The predicted molar refractivity (Wildman–Crippen MR) is 181 cm³/mol. The number of hydrogen-bond donors (Lipinski definition) is 1. The molecule has 1 aliphatic carbocycles. The molecule has 0 saturated carbocycles. The lowest BCUT2D eigenvalue weighted by Gasteiger charge is -2.34. The molecule has 1 unspecified atom stereocenters. The van der Waals surface area contributed by atoms with Gasteiger partial charge in [0, 0.05) is 48.2 Å². The number of thiophene rings is 1. The third-order valence-electron chi connectivity index (χ3n) is 9.34. The van der Waals surface area contributed by atoms with Crippen LogP contribution in [0, 0.1) is 11.3 Å². The number of hydrogen-bond acceptors (Lipinski definition) is 12. The van der Waals surface area contributed by atoms with Gasteiger partial charge < -0.3 is 34.4 Å². The highest BCUT2D eigenvalue weighted by Crippen LogP contribution is 2.48. The van der Waals surface area contributed by atoms with Crippen LogP contribution in [0.4, 0.5) is 15.6 Å². The van der Waals surface area contributed by atoms with Gasteiger partial charge in [-0.1, -0.05) is 5.16 Å². The molecule has 13 heteroatoms. The van der Waals surface area contributed by atoms with Crippen molar-refractivity contribution in [1.82, 2.24) is 24.9 Å². The summed E-state index contributed by atoms with van der Waals surface area (Å²) >= 11 is 1.48. The van der Waals surface area contributed by atoms with Crippen molar-refractivity contribution in [3.8, 4) is 23.3 Å². The fraction of sp³-hybridized carbons (Fsp3) is 0.618. The smallest absolute Gasteiger partial charge is 0.410 e. The predicted octanol–water partition coefficient (Wildman–Crippen LogP) is 5.60. The molecule has 2 fully saturated rings. The molecule has 2 saturated heterocycles. The Labute approximate surface area is 280 Å². The van der Waals surface area contributed by atoms with Crippen LogP contribution in [0.5, 0.6) is 5.75 Å². The zero-order valence-corrected chi connectivity index (χ0v) is 29.2. The SMILES string of the molecule is C[C@H]1CN(C)CCCN1c1cc(OC2CCCN(C(=O)OC(C)(C)C)C2)cc(-c2noc([C@@]3(C)CCCc4sc(N)c(C#N)c43)n2)n1. The normalized spacial score (nSPS) is 23.9. The van der Waals surface area contributed by atoms with Gasteiger partial charge in [0.2, 0.25) is 11.7 Å². The van der Waals surface area contributed by atoms with Crippen LogP contribution >= 0.6 is 11.3 Å². The lowest BCUT2D eigenvalue weighted by atomic mass is 9.72. The number of pyridine rings is 1. The van der Waals surface area contributed by atoms with Crippen molar-refractivity contribution < 1.29 is 18.8 Å². The molecule has 3 atom stereocenters. The van der Waals surface area contributed by atoms with Gasteiger partial charge >= 0.3 is 6.09 Å². The van der Waals surface area contributed by atoms with Gasteiger partial charge in [0.25, 0.3) is 0 Å². The second kappa shape index (κ2) is 13.0. The summed E-state index contributed by atoms with van der Waals surface area (Å²) in [6.07, 6.45) is 4.68. The number of nitriles is 1. The third kappa shape index (κ3) is 6.90. The summed E-state index contributed by atoms with van der Waals surface area (Å²) in [5.41, 5.74) is 7.02. The molecular weight excluding hydrogens is 616 g/mol. The molecular formula is C34H46N8O4S. The Kier molecular flexibility index (Phi) is 9.11. The van der Waals surface area contributed by atoms with Crippen LogP contribution in [0.2, 0.25) is 0 Å². The Bertz CT molecular complexity index is 1660. The zero-order valence-electron chi connectivity index (χ0n) is 28.3. The number of likely N-dealkylation sites (tertiary alicyclic amines) is 1. The van der Waals surface area contributed by atoms with Gasteiger partial charge in [-0.2, -0.15) is 10.2 Å². The minimum atomic E-state index is -0.633. The van der Waals surface area contributed by atoms with Gasteiger partial charge in [-0.15, -0.1) is 11.3 Å². The zero-order chi connectivity index (χ0) is 33.5. The number of ether oxygens (including phenoxy) is 2. The van der Waals surface area contributed by atoms with E-state index in [0.29, 0.717) is 46.8 Å². The number of amides is 1. The Morgan fingerprint density at radius 1 is 1.17 bits per heavy atom. The van der Waals surface area contributed by atoms with Crippen molar-refractivity contribution in [2.45, 2.75) is 96.3 Å². The van der Waals surface area contributed by atoms with Gasteiger partial charge in [-0.3, -0.25) is 0 Å². The first-order valence-corrected chi connectivity index (χ1v) is 17.4. The van der Waals surface area contributed by atoms with Gasteiger partial charge in [0.15, 0.2) is 0 Å². The van der Waals surface area contributed by atoms with Crippen molar-refractivity contribution >= 4 is 28.2 Å². The minimum absolute atomic E-state index is 0.207. The monoisotopic (exact) mass is 662 g/mol. The van der Waals surface area contributed by atoms with Crippen LogP contribution in [0.25, 0.3) is 11.5 Å². The van der Waals surface area contributed by atoms with E-state index >= 15 is 0 Å². The number of nitrogens with zero attached hydrogens (tertiary/aromatic N) is 7. The van der Waals surface area contributed by atoms with Crippen molar-refractivity contribution in [1.29, 1.82) is 5.26 Å². The molecule has 2 aliphatic heterocycles. The number of fused-ring (bicyclic) bond motifs is 1. The molecule has 12 nitrogen and oxygen atoms in total. The van der Waals surface area contributed by atoms with Gasteiger partial charge in [0.1, 0.15) is 40.0 Å². The molecule has 0 aromatic carbocycles. The lowest BCUT2D eigenvalue weighted by molar-refractivity contribution is 0.00775. The summed E-state index contributed by atoms with van der Waals surface area (Å²) < 4.78 is 18.2. The highest BCUT2D eigenvalue weighted by Gasteiger charge is 2.43. The van der Waals surface area contributed by atoms with Gasteiger partial charge in [-0.25, -0.2) is 9.78 Å². The average molecular weight is 663 g/mol. The Hall–Kier alpha value is -3.89. The maximum absolute atomic E-state index is 12.9. The summed E-state index contributed by atoms with van der Waals surface area (Å²) in [7, 11) is 2.15. The quantitative estimate of drug-likeness (QED) is 0.364. The number of likely N-dealkylation sites (N-methyl/N-ethyl adjacent to an activating group) is 1. The van der Waals surface area contributed by atoms with Crippen molar-refractivity contribution in [2.24, 2.45) is 0 Å². The van der Waals surface area contributed by atoms with Crippen LogP contribution in [0.3, 0.4) is 0 Å². The molecule has 0 radical (unpaired) electrons. The fourth-order valence-corrected chi connectivity index (χ4v) is 8.31. The molecule has 3 aromatic rings. The molecule has 2 N–H and O–H groups in total. The first-order valence-electron chi connectivity index (χ1n) is 16.6. The summed E-state index contributed by atoms with van der Waals surface area (Å²) in [5, 5.41) is 14.9. The summed E-state index contributed by atoms with van der Waals surface area (Å²) in [6, 6.07) is 6.39. The van der Waals surface area contributed by atoms with Crippen LogP contribution in [0.1, 0.15) is 88.6 Å². The topological polar surface area (TPSA) is 147 Å². The van der Waals surface area contributed by atoms with E-state index in [1.807, 2.05) is 32.9 Å². The number of rotatable bonds is 5. The highest BCUT2D eigenvalue weighted by atomic mass is 32.1. The second-order valence-electron chi connectivity index (χ2n) is 14.4. The van der Waals surface area contributed by atoms with Crippen molar-refractivity contribution in [3.05, 3.63) is 34.0 Å². The number of carbonyl (C=O) groups excluding carboxylic acids is 1. The molecule has 6 rings (SSSR count). The van der Waals surface area contributed by atoms with Crippen LogP contribution < -0.4 is 15.4 Å². The van der Waals surface area contributed by atoms with E-state index in [0.717, 1.165) is 74.4 Å². The number of carbonyl (C=O) groups is 1. The second-order valence-corrected chi connectivity index (χ2v) is 15.5. The van der Waals surface area contributed by atoms with E-state index < -0.39 is 11.0 Å². The Balaban J connectivity index is 1.33. The molecule has 0 bridgehead atoms.